The minimum atomic E-state index is -1.15. The second kappa shape index (κ2) is 4.58. The number of halogens is 2. The molecule has 0 amide bonds. The largest absolute Gasteiger partial charge is 0.393 e. The SMILES string of the molecule is OC[C@@H](F)Cc1ccc(Br)cc1. The zero-order valence-corrected chi connectivity index (χ0v) is 8.09. The molecule has 1 aromatic rings. The molecule has 0 heterocycles. The minimum absolute atomic E-state index is 0.282. The van der Waals surface area contributed by atoms with E-state index >= 15 is 0 Å². The van der Waals surface area contributed by atoms with E-state index in [9.17, 15) is 4.39 Å². The van der Waals surface area contributed by atoms with E-state index in [2.05, 4.69) is 15.9 Å². The highest BCUT2D eigenvalue weighted by Crippen LogP contribution is 2.12. The van der Waals surface area contributed by atoms with Gasteiger partial charge in [-0.25, -0.2) is 4.39 Å². The van der Waals surface area contributed by atoms with Gasteiger partial charge in [0.15, 0.2) is 0 Å². The van der Waals surface area contributed by atoms with E-state index in [1.165, 1.54) is 0 Å². The fourth-order valence-electron chi connectivity index (χ4n) is 0.941. The van der Waals surface area contributed by atoms with Gasteiger partial charge in [-0.2, -0.15) is 0 Å². The van der Waals surface area contributed by atoms with Crippen molar-refractivity contribution in [3.63, 3.8) is 0 Å². The molecule has 0 aromatic heterocycles. The van der Waals surface area contributed by atoms with Crippen LogP contribution < -0.4 is 0 Å². The summed E-state index contributed by atoms with van der Waals surface area (Å²) in [6.45, 7) is -0.407. The zero-order valence-electron chi connectivity index (χ0n) is 6.50. The van der Waals surface area contributed by atoms with Crippen LogP contribution in [0, 0.1) is 0 Å². The molecule has 0 aliphatic carbocycles. The Morgan fingerprint density at radius 2 is 1.92 bits per heavy atom. The Hall–Kier alpha value is -0.410. The second-order valence-corrected chi connectivity index (χ2v) is 3.53. The Morgan fingerprint density at radius 3 is 2.42 bits per heavy atom. The van der Waals surface area contributed by atoms with Crippen LogP contribution in [-0.2, 0) is 6.42 Å². The van der Waals surface area contributed by atoms with Gasteiger partial charge < -0.3 is 5.11 Å². The summed E-state index contributed by atoms with van der Waals surface area (Å²) in [5, 5.41) is 8.47. The lowest BCUT2D eigenvalue weighted by Gasteiger charge is -2.03. The van der Waals surface area contributed by atoms with Crippen LogP contribution in [0.15, 0.2) is 28.7 Å². The third kappa shape index (κ3) is 2.91. The maximum Gasteiger partial charge on any atom is 0.127 e. The normalized spacial score (nSPS) is 12.9. The van der Waals surface area contributed by atoms with Crippen LogP contribution in [0.1, 0.15) is 5.56 Å². The summed E-state index contributed by atoms with van der Waals surface area (Å²) >= 11 is 3.29. The molecule has 0 spiro atoms. The van der Waals surface area contributed by atoms with Crippen LogP contribution in [0.3, 0.4) is 0 Å². The van der Waals surface area contributed by atoms with Gasteiger partial charge in [0.2, 0.25) is 0 Å². The van der Waals surface area contributed by atoms with E-state index in [1.54, 1.807) is 0 Å². The van der Waals surface area contributed by atoms with E-state index < -0.39 is 12.8 Å². The van der Waals surface area contributed by atoms with Crippen molar-refractivity contribution in [3.8, 4) is 0 Å². The number of aliphatic hydroxyl groups is 1. The quantitative estimate of drug-likeness (QED) is 0.849. The second-order valence-electron chi connectivity index (χ2n) is 2.61. The predicted molar refractivity (Wildman–Crippen MR) is 49.8 cm³/mol. The minimum Gasteiger partial charge on any atom is -0.393 e. The van der Waals surface area contributed by atoms with Crippen molar-refractivity contribution in [2.45, 2.75) is 12.6 Å². The molecular weight excluding hydrogens is 223 g/mol. The summed E-state index contributed by atoms with van der Waals surface area (Å²) in [4.78, 5) is 0. The molecule has 3 heteroatoms. The molecule has 0 bridgehead atoms. The van der Waals surface area contributed by atoms with Gasteiger partial charge in [0.25, 0.3) is 0 Å². The molecule has 1 rings (SSSR count). The average Bonchev–Trinajstić information content (AvgIpc) is 2.09. The maximum absolute atomic E-state index is 12.7. The first-order valence-corrected chi connectivity index (χ1v) is 4.51. The number of rotatable bonds is 3. The number of aliphatic hydroxyl groups excluding tert-OH is 1. The summed E-state index contributed by atoms with van der Waals surface area (Å²) in [7, 11) is 0. The van der Waals surface area contributed by atoms with Gasteiger partial charge in [-0.1, -0.05) is 28.1 Å². The van der Waals surface area contributed by atoms with Crippen LogP contribution in [-0.4, -0.2) is 17.9 Å². The Bertz CT molecular complexity index is 235. The lowest BCUT2D eigenvalue weighted by Crippen LogP contribution is -2.09. The number of benzene rings is 1. The number of hydrogen-bond acceptors (Lipinski definition) is 1. The van der Waals surface area contributed by atoms with Crippen molar-refractivity contribution in [2.75, 3.05) is 6.61 Å². The van der Waals surface area contributed by atoms with Crippen LogP contribution in [0.2, 0.25) is 0 Å². The molecule has 12 heavy (non-hydrogen) atoms. The van der Waals surface area contributed by atoms with E-state index in [4.69, 9.17) is 5.11 Å². The zero-order chi connectivity index (χ0) is 8.97. The van der Waals surface area contributed by atoms with Crippen molar-refractivity contribution >= 4 is 15.9 Å². The van der Waals surface area contributed by atoms with E-state index in [0.29, 0.717) is 0 Å². The standard InChI is InChI=1S/C9H10BrFO/c10-8-3-1-7(2-4-8)5-9(11)6-12/h1-4,9,12H,5-6H2/t9-/m0/s1. The first-order valence-electron chi connectivity index (χ1n) is 3.71. The van der Waals surface area contributed by atoms with Crippen molar-refractivity contribution < 1.29 is 9.50 Å². The third-order valence-electron chi connectivity index (χ3n) is 1.57. The van der Waals surface area contributed by atoms with Crippen LogP contribution in [0.5, 0.6) is 0 Å². The van der Waals surface area contributed by atoms with E-state index in [-0.39, 0.29) is 6.42 Å². The maximum atomic E-state index is 12.7. The Kier molecular flexibility index (Phi) is 3.69. The molecule has 0 saturated heterocycles. The van der Waals surface area contributed by atoms with Crippen molar-refractivity contribution in [3.05, 3.63) is 34.3 Å². The Labute approximate surface area is 79.4 Å². The molecule has 0 aliphatic rings. The molecular formula is C9H10BrFO. The molecule has 66 valence electrons. The van der Waals surface area contributed by atoms with E-state index in [0.717, 1.165) is 10.0 Å². The molecule has 1 nitrogen and oxygen atoms in total. The molecule has 0 saturated carbocycles. The highest BCUT2D eigenvalue weighted by molar-refractivity contribution is 9.10. The molecule has 1 N–H and O–H groups in total. The Balaban J connectivity index is 2.58. The fraction of sp³-hybridized carbons (Fsp3) is 0.333. The van der Waals surface area contributed by atoms with Crippen LogP contribution in [0.4, 0.5) is 4.39 Å². The lowest BCUT2D eigenvalue weighted by atomic mass is 10.1. The molecule has 1 aromatic carbocycles. The van der Waals surface area contributed by atoms with Gasteiger partial charge in [-0.3, -0.25) is 0 Å². The van der Waals surface area contributed by atoms with Gasteiger partial charge in [0.05, 0.1) is 6.61 Å². The van der Waals surface area contributed by atoms with Crippen LogP contribution >= 0.6 is 15.9 Å². The monoisotopic (exact) mass is 232 g/mol. The summed E-state index contributed by atoms with van der Waals surface area (Å²) in [5.74, 6) is 0. The van der Waals surface area contributed by atoms with E-state index in [1.807, 2.05) is 24.3 Å². The number of alkyl halides is 1. The first-order chi connectivity index (χ1) is 5.72. The van der Waals surface area contributed by atoms with Gasteiger partial charge in [0, 0.05) is 10.9 Å². The van der Waals surface area contributed by atoms with Crippen molar-refractivity contribution in [1.29, 1.82) is 0 Å². The summed E-state index contributed by atoms with van der Waals surface area (Å²) in [6.07, 6.45) is -0.866. The molecule has 1 atom stereocenters. The summed E-state index contributed by atoms with van der Waals surface area (Å²) in [6, 6.07) is 7.40. The molecule has 0 fully saturated rings. The van der Waals surface area contributed by atoms with Gasteiger partial charge >= 0.3 is 0 Å². The van der Waals surface area contributed by atoms with Crippen molar-refractivity contribution in [2.24, 2.45) is 0 Å². The highest BCUT2D eigenvalue weighted by Gasteiger charge is 2.04. The molecule has 0 unspecified atom stereocenters. The highest BCUT2D eigenvalue weighted by atomic mass is 79.9. The van der Waals surface area contributed by atoms with Gasteiger partial charge in [-0.05, 0) is 17.7 Å². The van der Waals surface area contributed by atoms with Gasteiger partial charge in [0.1, 0.15) is 6.17 Å². The Morgan fingerprint density at radius 1 is 1.33 bits per heavy atom. The number of hydrogen-bond donors (Lipinski definition) is 1. The summed E-state index contributed by atoms with van der Waals surface area (Å²) < 4.78 is 13.6. The molecule has 0 aliphatic heterocycles. The molecule has 0 radical (unpaired) electrons. The third-order valence-corrected chi connectivity index (χ3v) is 2.10. The summed E-state index contributed by atoms with van der Waals surface area (Å²) in [5.41, 5.74) is 0.903. The lowest BCUT2D eigenvalue weighted by molar-refractivity contribution is 0.177. The van der Waals surface area contributed by atoms with Crippen molar-refractivity contribution in [1.82, 2.24) is 0 Å². The van der Waals surface area contributed by atoms with Gasteiger partial charge in [-0.15, -0.1) is 0 Å². The first kappa shape index (κ1) is 9.68. The van der Waals surface area contributed by atoms with Crippen LogP contribution in [0.25, 0.3) is 0 Å². The fourth-order valence-corrected chi connectivity index (χ4v) is 1.21. The predicted octanol–water partition coefficient (Wildman–Crippen LogP) is 2.32. The average molecular weight is 233 g/mol. The topological polar surface area (TPSA) is 20.2 Å². The smallest absolute Gasteiger partial charge is 0.127 e.